The summed E-state index contributed by atoms with van der Waals surface area (Å²) in [7, 11) is 0. The first-order valence-corrected chi connectivity index (χ1v) is 10.5. The van der Waals surface area contributed by atoms with Gasteiger partial charge in [0.2, 0.25) is 11.8 Å². The van der Waals surface area contributed by atoms with Crippen LogP contribution in [0.25, 0.3) is 10.2 Å². The van der Waals surface area contributed by atoms with Crippen molar-refractivity contribution >= 4 is 33.4 Å². The fourth-order valence-electron chi connectivity index (χ4n) is 3.96. The molecule has 0 spiro atoms. The van der Waals surface area contributed by atoms with Crippen LogP contribution in [0.2, 0.25) is 0 Å². The third kappa shape index (κ3) is 4.14. The predicted octanol–water partition coefficient (Wildman–Crippen LogP) is 2.17. The monoisotopic (exact) mass is 386 g/mol. The third-order valence-corrected chi connectivity index (χ3v) is 6.88. The van der Waals surface area contributed by atoms with E-state index in [1.54, 1.807) is 6.92 Å². The molecule has 3 heterocycles. The minimum absolute atomic E-state index is 0.0963. The molecule has 2 aliphatic rings. The Kier molecular flexibility index (Phi) is 5.41. The highest BCUT2D eigenvalue weighted by Crippen LogP contribution is 2.33. The molecule has 1 aromatic carbocycles. The predicted molar refractivity (Wildman–Crippen MR) is 107 cm³/mol. The van der Waals surface area contributed by atoms with E-state index in [-0.39, 0.29) is 11.8 Å². The number of piperazine rings is 1. The van der Waals surface area contributed by atoms with Crippen LogP contribution in [0, 0.1) is 0 Å². The molecule has 7 heteroatoms. The quantitative estimate of drug-likeness (QED) is 0.811. The Morgan fingerprint density at radius 1 is 1.04 bits per heavy atom. The number of benzene rings is 1. The van der Waals surface area contributed by atoms with E-state index in [1.807, 2.05) is 27.2 Å². The van der Waals surface area contributed by atoms with Crippen LogP contribution in [0.3, 0.4) is 0 Å². The zero-order valence-corrected chi connectivity index (χ0v) is 16.6. The van der Waals surface area contributed by atoms with E-state index >= 15 is 0 Å². The molecule has 0 radical (unpaired) electrons. The van der Waals surface area contributed by atoms with Crippen molar-refractivity contribution in [1.29, 1.82) is 0 Å². The summed E-state index contributed by atoms with van der Waals surface area (Å²) in [5, 5.41) is 1.24. The van der Waals surface area contributed by atoms with Crippen molar-refractivity contribution in [3.05, 3.63) is 29.3 Å². The number of thiazole rings is 1. The molecule has 144 valence electrons. The Labute approximate surface area is 163 Å². The van der Waals surface area contributed by atoms with E-state index < -0.39 is 0 Å². The van der Waals surface area contributed by atoms with Crippen LogP contribution in [-0.2, 0) is 9.59 Å². The molecule has 2 aromatic rings. The largest absolute Gasteiger partial charge is 0.339 e. The lowest BCUT2D eigenvalue weighted by molar-refractivity contribution is -0.139. The van der Waals surface area contributed by atoms with Crippen LogP contribution in [0.4, 0.5) is 0 Å². The number of fused-ring (bicyclic) bond motifs is 1. The van der Waals surface area contributed by atoms with Gasteiger partial charge in [-0.25, -0.2) is 4.98 Å². The van der Waals surface area contributed by atoms with Crippen LogP contribution in [0.15, 0.2) is 24.3 Å². The Bertz CT molecular complexity index is 787. The second kappa shape index (κ2) is 7.94. The smallest absolute Gasteiger partial charge is 0.236 e. The van der Waals surface area contributed by atoms with Crippen LogP contribution in [-0.4, -0.2) is 77.3 Å². The van der Waals surface area contributed by atoms with Crippen molar-refractivity contribution in [2.24, 2.45) is 0 Å². The fourth-order valence-corrected chi connectivity index (χ4v) is 5.10. The Hall–Kier alpha value is -1.99. The lowest BCUT2D eigenvalue weighted by Crippen LogP contribution is -2.52. The number of likely N-dealkylation sites (tertiary alicyclic amines) is 1. The highest BCUT2D eigenvalue weighted by Gasteiger charge is 2.27. The number of piperidine rings is 1. The molecule has 0 N–H and O–H groups in total. The van der Waals surface area contributed by atoms with E-state index in [2.05, 4.69) is 23.1 Å². The molecule has 4 rings (SSSR count). The molecule has 0 bridgehead atoms. The van der Waals surface area contributed by atoms with Crippen LogP contribution in [0.5, 0.6) is 0 Å². The number of para-hydroxylation sites is 1. The van der Waals surface area contributed by atoms with Crippen molar-refractivity contribution in [1.82, 2.24) is 19.7 Å². The number of rotatable bonds is 3. The first-order chi connectivity index (χ1) is 13.1. The van der Waals surface area contributed by atoms with E-state index in [9.17, 15) is 9.59 Å². The van der Waals surface area contributed by atoms with Crippen molar-refractivity contribution in [2.45, 2.75) is 25.7 Å². The topological polar surface area (TPSA) is 56.8 Å². The van der Waals surface area contributed by atoms with Gasteiger partial charge >= 0.3 is 0 Å². The van der Waals surface area contributed by atoms with Gasteiger partial charge in [0.15, 0.2) is 0 Å². The van der Waals surface area contributed by atoms with Crippen LogP contribution in [0.1, 0.15) is 30.7 Å². The summed E-state index contributed by atoms with van der Waals surface area (Å²) in [5.74, 6) is 0.795. The van der Waals surface area contributed by atoms with Crippen molar-refractivity contribution < 1.29 is 9.59 Å². The molecule has 0 saturated carbocycles. The zero-order chi connectivity index (χ0) is 18.8. The van der Waals surface area contributed by atoms with Crippen LogP contribution >= 0.6 is 11.3 Å². The summed E-state index contributed by atoms with van der Waals surface area (Å²) in [6.07, 6.45) is 2.12. The highest BCUT2D eigenvalue weighted by atomic mass is 32.1. The lowest BCUT2D eigenvalue weighted by Gasteiger charge is -2.36. The maximum atomic E-state index is 12.6. The Balaban J connectivity index is 1.27. The van der Waals surface area contributed by atoms with Gasteiger partial charge in [0, 0.05) is 39.0 Å². The second-order valence-corrected chi connectivity index (χ2v) is 8.52. The van der Waals surface area contributed by atoms with Gasteiger partial charge < -0.3 is 9.80 Å². The summed E-state index contributed by atoms with van der Waals surface area (Å²) in [6, 6.07) is 8.32. The molecule has 2 fully saturated rings. The van der Waals surface area contributed by atoms with Crippen molar-refractivity contribution in [2.75, 3.05) is 45.8 Å². The SMILES string of the molecule is CC(=O)N1CCN(C(=O)CN2CCC(c3nc4ccccc4s3)CC2)CC1. The third-order valence-electron chi connectivity index (χ3n) is 5.68. The maximum absolute atomic E-state index is 12.6. The van der Waals surface area contributed by atoms with E-state index in [1.165, 1.54) is 9.71 Å². The minimum atomic E-state index is 0.0963. The molecule has 0 aliphatic carbocycles. The van der Waals surface area contributed by atoms with Gasteiger partial charge in [-0.15, -0.1) is 11.3 Å². The number of amides is 2. The molecule has 6 nitrogen and oxygen atoms in total. The zero-order valence-electron chi connectivity index (χ0n) is 15.8. The Morgan fingerprint density at radius 3 is 2.37 bits per heavy atom. The number of hydrogen-bond donors (Lipinski definition) is 0. The first-order valence-electron chi connectivity index (χ1n) is 9.71. The molecule has 2 amide bonds. The number of carbonyl (C=O) groups excluding carboxylic acids is 2. The van der Waals surface area contributed by atoms with Crippen molar-refractivity contribution in [3.63, 3.8) is 0 Å². The van der Waals surface area contributed by atoms with Gasteiger partial charge in [0.25, 0.3) is 0 Å². The average molecular weight is 387 g/mol. The first kappa shape index (κ1) is 18.4. The summed E-state index contributed by atoms with van der Waals surface area (Å²) < 4.78 is 1.26. The molecule has 27 heavy (non-hydrogen) atoms. The number of hydrogen-bond acceptors (Lipinski definition) is 5. The molecule has 1 aromatic heterocycles. The number of carbonyl (C=O) groups is 2. The molecule has 2 saturated heterocycles. The van der Waals surface area contributed by atoms with Gasteiger partial charge in [-0.1, -0.05) is 12.1 Å². The summed E-state index contributed by atoms with van der Waals surface area (Å²) >= 11 is 1.81. The second-order valence-electron chi connectivity index (χ2n) is 7.46. The molecule has 2 aliphatic heterocycles. The van der Waals surface area contributed by atoms with E-state index in [0.717, 1.165) is 31.4 Å². The maximum Gasteiger partial charge on any atom is 0.236 e. The Morgan fingerprint density at radius 2 is 1.70 bits per heavy atom. The number of aromatic nitrogens is 1. The highest BCUT2D eigenvalue weighted by molar-refractivity contribution is 7.18. The minimum Gasteiger partial charge on any atom is -0.339 e. The van der Waals surface area contributed by atoms with Gasteiger partial charge in [-0.2, -0.15) is 0 Å². The number of nitrogens with zero attached hydrogens (tertiary/aromatic N) is 4. The van der Waals surface area contributed by atoms with Gasteiger partial charge in [-0.3, -0.25) is 14.5 Å². The van der Waals surface area contributed by atoms with E-state index in [4.69, 9.17) is 4.98 Å². The van der Waals surface area contributed by atoms with Gasteiger partial charge in [-0.05, 0) is 38.1 Å². The summed E-state index contributed by atoms with van der Waals surface area (Å²) in [5.41, 5.74) is 1.10. The van der Waals surface area contributed by atoms with E-state index in [0.29, 0.717) is 38.6 Å². The molecule has 0 atom stereocenters. The summed E-state index contributed by atoms with van der Waals surface area (Å²) in [4.78, 5) is 34.8. The summed E-state index contributed by atoms with van der Waals surface area (Å²) in [6.45, 7) is 6.59. The van der Waals surface area contributed by atoms with Crippen LogP contribution < -0.4 is 0 Å². The molecular formula is C20H26N4O2S. The van der Waals surface area contributed by atoms with Gasteiger partial charge in [0.1, 0.15) is 0 Å². The normalized spacial score (nSPS) is 19.6. The standard InChI is InChI=1S/C20H26N4O2S/c1-15(25)23-10-12-24(13-11-23)19(26)14-22-8-6-16(7-9-22)20-21-17-4-2-3-5-18(17)27-20/h2-5,16H,6-14H2,1H3. The molecular weight excluding hydrogens is 360 g/mol. The fraction of sp³-hybridized carbons (Fsp3) is 0.550. The lowest BCUT2D eigenvalue weighted by atomic mass is 9.97. The molecule has 0 unspecified atom stereocenters. The average Bonchev–Trinajstić information content (AvgIpc) is 3.13. The van der Waals surface area contributed by atoms with Crippen molar-refractivity contribution in [3.8, 4) is 0 Å². The van der Waals surface area contributed by atoms with Gasteiger partial charge in [0.05, 0.1) is 21.8 Å².